The molecule has 2 heteroatoms. The number of nitrogens with zero attached hydrogens (tertiary/aromatic N) is 1. The molecule has 2 aromatic rings. The minimum absolute atomic E-state index is 0.970. The van der Waals surface area contributed by atoms with Crippen molar-refractivity contribution < 1.29 is 0 Å². The number of hydrogen-bond acceptors (Lipinski definition) is 1. The molecule has 0 saturated carbocycles. The number of para-hydroxylation sites is 1. The Bertz CT molecular complexity index is 492. The van der Waals surface area contributed by atoms with Gasteiger partial charge in [-0.25, -0.2) is 0 Å². The second-order valence-electron chi connectivity index (χ2n) is 3.07. The number of benzene rings is 1. The summed E-state index contributed by atoms with van der Waals surface area (Å²) >= 11 is 0. The van der Waals surface area contributed by atoms with Crippen LogP contribution in [0.5, 0.6) is 0 Å². The maximum atomic E-state index is 4.27. The lowest BCUT2D eigenvalue weighted by Gasteiger charge is -1.95. The van der Waals surface area contributed by atoms with Gasteiger partial charge in [0.15, 0.2) is 0 Å². The molecule has 0 aliphatic rings. The summed E-state index contributed by atoms with van der Waals surface area (Å²) < 4.78 is 0. The molecule has 1 heterocycles. The van der Waals surface area contributed by atoms with Crippen molar-refractivity contribution in [1.82, 2.24) is 10.2 Å². The van der Waals surface area contributed by atoms with Crippen molar-refractivity contribution in [3.8, 4) is 0 Å². The first-order chi connectivity index (χ1) is 6.86. The van der Waals surface area contributed by atoms with E-state index in [4.69, 9.17) is 0 Å². The fraction of sp³-hybridized carbons (Fsp3) is 0.0833. The predicted molar refractivity (Wildman–Crippen MR) is 59.9 cm³/mol. The average Bonchev–Trinajstić information content (AvgIpc) is 2.65. The summed E-state index contributed by atoms with van der Waals surface area (Å²) in [5, 5.41) is 8.41. The Morgan fingerprint density at radius 2 is 2.21 bits per heavy atom. The smallest absolute Gasteiger partial charge is 0.0995 e. The van der Waals surface area contributed by atoms with E-state index in [1.807, 2.05) is 37.3 Å². The number of fused-ring (bicyclic) bond motifs is 1. The SMILES string of the molecule is C=C/C(=C\C)c1n[nH]c2ccccc12. The molecule has 0 aliphatic heterocycles. The first kappa shape index (κ1) is 8.75. The zero-order valence-corrected chi connectivity index (χ0v) is 8.12. The highest BCUT2D eigenvalue weighted by atomic mass is 15.1. The normalized spacial score (nSPS) is 11.9. The van der Waals surface area contributed by atoms with Gasteiger partial charge in [0.2, 0.25) is 0 Å². The fourth-order valence-electron chi connectivity index (χ4n) is 1.53. The van der Waals surface area contributed by atoms with Gasteiger partial charge in [-0.2, -0.15) is 5.10 Å². The second-order valence-corrected chi connectivity index (χ2v) is 3.07. The number of aromatic nitrogens is 2. The van der Waals surface area contributed by atoms with Crippen molar-refractivity contribution in [2.45, 2.75) is 6.92 Å². The number of H-pyrrole nitrogens is 1. The molecular formula is C12H12N2. The summed E-state index contributed by atoms with van der Waals surface area (Å²) in [5.41, 5.74) is 3.09. The third-order valence-corrected chi connectivity index (χ3v) is 2.27. The van der Waals surface area contributed by atoms with Gasteiger partial charge in [0.05, 0.1) is 11.2 Å². The van der Waals surface area contributed by atoms with Gasteiger partial charge in [-0.1, -0.05) is 36.9 Å². The first-order valence-electron chi connectivity index (χ1n) is 4.59. The maximum Gasteiger partial charge on any atom is 0.0995 e. The van der Waals surface area contributed by atoms with E-state index in [-0.39, 0.29) is 0 Å². The van der Waals surface area contributed by atoms with Crippen LogP contribution in [0.25, 0.3) is 16.5 Å². The second kappa shape index (κ2) is 3.50. The molecule has 1 aromatic heterocycles. The molecule has 2 rings (SSSR count). The standard InChI is InChI=1S/C12H12N2/c1-3-9(4-2)12-10-7-5-6-8-11(10)13-14-12/h3-8H,1H2,2H3,(H,13,14)/b9-4+. The first-order valence-corrected chi connectivity index (χ1v) is 4.59. The third kappa shape index (κ3) is 1.25. The fourth-order valence-corrected chi connectivity index (χ4v) is 1.53. The molecule has 0 bridgehead atoms. The monoisotopic (exact) mass is 184 g/mol. The summed E-state index contributed by atoms with van der Waals surface area (Å²) in [6, 6.07) is 8.08. The number of rotatable bonds is 2. The van der Waals surface area contributed by atoms with Crippen LogP contribution < -0.4 is 0 Å². The summed E-state index contributed by atoms with van der Waals surface area (Å²) in [4.78, 5) is 0. The van der Waals surface area contributed by atoms with Crippen LogP contribution in [0.3, 0.4) is 0 Å². The lowest BCUT2D eigenvalue weighted by molar-refractivity contribution is 1.10. The zero-order chi connectivity index (χ0) is 9.97. The molecule has 0 spiro atoms. The summed E-state index contributed by atoms with van der Waals surface area (Å²) in [6.45, 7) is 5.76. The predicted octanol–water partition coefficient (Wildman–Crippen LogP) is 3.15. The highest BCUT2D eigenvalue weighted by Crippen LogP contribution is 2.22. The Morgan fingerprint density at radius 1 is 1.43 bits per heavy atom. The van der Waals surface area contributed by atoms with Crippen LogP contribution in [-0.4, -0.2) is 10.2 Å². The minimum Gasteiger partial charge on any atom is -0.277 e. The van der Waals surface area contributed by atoms with Crippen LogP contribution in [-0.2, 0) is 0 Å². The van der Waals surface area contributed by atoms with E-state index in [2.05, 4.69) is 22.8 Å². The number of hydrogen-bond donors (Lipinski definition) is 1. The molecule has 0 radical (unpaired) electrons. The molecule has 0 fully saturated rings. The van der Waals surface area contributed by atoms with Gasteiger partial charge < -0.3 is 0 Å². The topological polar surface area (TPSA) is 28.7 Å². The Hall–Kier alpha value is -1.83. The van der Waals surface area contributed by atoms with Crippen molar-refractivity contribution in [2.24, 2.45) is 0 Å². The van der Waals surface area contributed by atoms with E-state index in [1.165, 1.54) is 0 Å². The molecule has 70 valence electrons. The third-order valence-electron chi connectivity index (χ3n) is 2.27. The van der Waals surface area contributed by atoms with E-state index in [0.717, 1.165) is 22.2 Å². The van der Waals surface area contributed by atoms with Gasteiger partial charge >= 0.3 is 0 Å². The molecule has 0 unspecified atom stereocenters. The average molecular weight is 184 g/mol. The van der Waals surface area contributed by atoms with Gasteiger partial charge in [0.1, 0.15) is 0 Å². The number of allylic oxidation sites excluding steroid dienone is 3. The molecule has 0 saturated heterocycles. The van der Waals surface area contributed by atoms with Crippen molar-refractivity contribution in [2.75, 3.05) is 0 Å². The van der Waals surface area contributed by atoms with Crippen LogP contribution in [0.1, 0.15) is 12.6 Å². The molecule has 1 aromatic carbocycles. The zero-order valence-electron chi connectivity index (χ0n) is 8.12. The van der Waals surface area contributed by atoms with E-state index in [9.17, 15) is 0 Å². The van der Waals surface area contributed by atoms with Gasteiger partial charge in [0.25, 0.3) is 0 Å². The maximum absolute atomic E-state index is 4.27. The minimum atomic E-state index is 0.970. The highest BCUT2D eigenvalue weighted by Gasteiger charge is 2.05. The highest BCUT2D eigenvalue weighted by molar-refractivity contribution is 5.92. The number of nitrogens with one attached hydrogen (secondary N) is 1. The summed E-state index contributed by atoms with van der Waals surface area (Å²) in [7, 11) is 0. The molecule has 2 nitrogen and oxygen atoms in total. The van der Waals surface area contributed by atoms with Gasteiger partial charge in [-0.3, -0.25) is 5.10 Å². The van der Waals surface area contributed by atoms with Crippen LogP contribution in [0, 0.1) is 0 Å². The van der Waals surface area contributed by atoms with Crippen molar-refractivity contribution >= 4 is 16.5 Å². The van der Waals surface area contributed by atoms with Crippen LogP contribution in [0.15, 0.2) is 43.0 Å². The molecule has 0 aliphatic carbocycles. The van der Waals surface area contributed by atoms with Crippen LogP contribution in [0.2, 0.25) is 0 Å². The largest absolute Gasteiger partial charge is 0.277 e. The van der Waals surface area contributed by atoms with Crippen molar-refractivity contribution in [3.05, 3.63) is 48.7 Å². The lowest BCUT2D eigenvalue weighted by atomic mass is 10.1. The van der Waals surface area contributed by atoms with Crippen LogP contribution >= 0.6 is 0 Å². The number of aromatic amines is 1. The van der Waals surface area contributed by atoms with E-state index in [1.54, 1.807) is 0 Å². The van der Waals surface area contributed by atoms with E-state index < -0.39 is 0 Å². The Balaban J connectivity index is 2.69. The van der Waals surface area contributed by atoms with Gasteiger partial charge in [-0.05, 0) is 18.6 Å². The molecule has 0 amide bonds. The van der Waals surface area contributed by atoms with Crippen LogP contribution in [0.4, 0.5) is 0 Å². The van der Waals surface area contributed by atoms with Crippen molar-refractivity contribution in [3.63, 3.8) is 0 Å². The van der Waals surface area contributed by atoms with E-state index in [0.29, 0.717) is 0 Å². The lowest BCUT2D eigenvalue weighted by Crippen LogP contribution is -1.80. The summed E-state index contributed by atoms with van der Waals surface area (Å²) in [6.07, 6.45) is 3.83. The molecule has 14 heavy (non-hydrogen) atoms. The van der Waals surface area contributed by atoms with Gasteiger partial charge in [-0.15, -0.1) is 0 Å². The van der Waals surface area contributed by atoms with E-state index >= 15 is 0 Å². The molecule has 0 atom stereocenters. The molecule has 1 N–H and O–H groups in total. The Morgan fingerprint density at radius 3 is 2.93 bits per heavy atom. The quantitative estimate of drug-likeness (QED) is 0.713. The van der Waals surface area contributed by atoms with Crippen molar-refractivity contribution in [1.29, 1.82) is 0 Å². The van der Waals surface area contributed by atoms with Gasteiger partial charge in [0, 0.05) is 5.39 Å². The molecular weight excluding hydrogens is 172 g/mol. The Kier molecular flexibility index (Phi) is 2.19. The Labute approximate surface area is 83.0 Å². The summed E-state index contributed by atoms with van der Waals surface area (Å²) in [5.74, 6) is 0.